The number of hydrogen-bond donors (Lipinski definition) is 0. The summed E-state index contributed by atoms with van der Waals surface area (Å²) < 4.78 is 48.3. The van der Waals surface area contributed by atoms with Crippen LogP contribution in [0.4, 0.5) is 13.2 Å². The Bertz CT molecular complexity index is 763. The zero-order chi connectivity index (χ0) is 18.2. The van der Waals surface area contributed by atoms with Crippen molar-refractivity contribution in [1.29, 1.82) is 0 Å². The number of amides is 1. The van der Waals surface area contributed by atoms with Gasteiger partial charge in [-0.2, -0.15) is 13.2 Å². The summed E-state index contributed by atoms with van der Waals surface area (Å²) in [5.74, 6) is 0.399. The SMILES string of the molecule is Cc1noc(C)c1CC(=O)N1CC(Oc2cccc(C(F)(F)F)n2)C1. The summed E-state index contributed by atoms with van der Waals surface area (Å²) in [5.41, 5.74) is 0.428. The second-order valence-corrected chi connectivity index (χ2v) is 5.88. The third-order valence-electron chi connectivity index (χ3n) is 4.01. The largest absolute Gasteiger partial charge is 0.471 e. The summed E-state index contributed by atoms with van der Waals surface area (Å²) in [7, 11) is 0. The maximum Gasteiger partial charge on any atom is 0.433 e. The number of hydrogen-bond acceptors (Lipinski definition) is 5. The van der Waals surface area contributed by atoms with E-state index in [1.807, 2.05) is 0 Å². The first kappa shape index (κ1) is 17.2. The number of likely N-dealkylation sites (tertiary alicyclic amines) is 1. The highest BCUT2D eigenvalue weighted by Crippen LogP contribution is 2.29. The predicted molar refractivity (Wildman–Crippen MR) is 79.9 cm³/mol. The molecule has 1 amide bonds. The molecule has 2 aromatic heterocycles. The molecule has 2 aromatic rings. The summed E-state index contributed by atoms with van der Waals surface area (Å²) in [6, 6.07) is 3.49. The Balaban J connectivity index is 1.54. The molecule has 3 heterocycles. The van der Waals surface area contributed by atoms with E-state index < -0.39 is 11.9 Å². The maximum atomic E-state index is 12.6. The van der Waals surface area contributed by atoms with Gasteiger partial charge in [0.1, 0.15) is 17.6 Å². The van der Waals surface area contributed by atoms with Crippen LogP contribution in [-0.4, -0.2) is 40.1 Å². The van der Waals surface area contributed by atoms with Crippen molar-refractivity contribution in [1.82, 2.24) is 15.0 Å². The van der Waals surface area contributed by atoms with E-state index in [1.54, 1.807) is 18.7 Å². The highest BCUT2D eigenvalue weighted by atomic mass is 19.4. The molecular formula is C16H16F3N3O3. The molecule has 9 heteroatoms. The molecule has 134 valence electrons. The normalized spacial score (nSPS) is 15.2. The Hall–Kier alpha value is -2.58. The van der Waals surface area contributed by atoms with Gasteiger partial charge in [0, 0.05) is 11.6 Å². The zero-order valence-corrected chi connectivity index (χ0v) is 13.6. The van der Waals surface area contributed by atoms with Crippen LogP contribution >= 0.6 is 0 Å². The minimum Gasteiger partial charge on any atom is -0.471 e. The number of carbonyl (C=O) groups excluding carboxylic acids is 1. The highest BCUT2D eigenvalue weighted by Gasteiger charge is 2.35. The van der Waals surface area contributed by atoms with Crippen LogP contribution in [-0.2, 0) is 17.4 Å². The number of halogens is 3. The van der Waals surface area contributed by atoms with E-state index in [1.165, 1.54) is 12.1 Å². The minimum absolute atomic E-state index is 0.0994. The van der Waals surface area contributed by atoms with E-state index in [2.05, 4.69) is 10.1 Å². The molecule has 25 heavy (non-hydrogen) atoms. The second kappa shape index (κ2) is 6.38. The molecule has 0 N–H and O–H groups in total. The number of pyridine rings is 1. The molecule has 1 saturated heterocycles. The monoisotopic (exact) mass is 355 g/mol. The Morgan fingerprint density at radius 1 is 1.36 bits per heavy atom. The number of nitrogens with zero attached hydrogens (tertiary/aromatic N) is 3. The zero-order valence-electron chi connectivity index (χ0n) is 13.6. The van der Waals surface area contributed by atoms with Gasteiger partial charge in [-0.15, -0.1) is 0 Å². The van der Waals surface area contributed by atoms with Crippen molar-refractivity contribution in [3.63, 3.8) is 0 Å². The Morgan fingerprint density at radius 3 is 2.68 bits per heavy atom. The molecule has 1 aliphatic rings. The third kappa shape index (κ3) is 3.75. The Labute approximate surface area is 141 Å². The molecule has 0 bridgehead atoms. The lowest BCUT2D eigenvalue weighted by atomic mass is 10.1. The average Bonchev–Trinajstić information content (AvgIpc) is 2.81. The summed E-state index contributed by atoms with van der Waals surface area (Å²) in [6.45, 7) is 4.12. The second-order valence-electron chi connectivity index (χ2n) is 5.88. The number of rotatable bonds is 4. The Kier molecular flexibility index (Phi) is 4.40. The summed E-state index contributed by atoms with van der Waals surface area (Å²) in [4.78, 5) is 17.2. The van der Waals surface area contributed by atoms with Crippen molar-refractivity contribution in [2.24, 2.45) is 0 Å². The molecular weight excluding hydrogens is 339 g/mol. The summed E-state index contributed by atoms with van der Waals surface area (Å²) >= 11 is 0. The van der Waals surface area contributed by atoms with Gasteiger partial charge in [0.2, 0.25) is 11.8 Å². The van der Waals surface area contributed by atoms with E-state index in [-0.39, 0.29) is 24.3 Å². The van der Waals surface area contributed by atoms with Crippen molar-refractivity contribution < 1.29 is 27.2 Å². The van der Waals surface area contributed by atoms with Crippen LogP contribution in [0.2, 0.25) is 0 Å². The third-order valence-corrected chi connectivity index (χ3v) is 4.01. The minimum atomic E-state index is -4.52. The lowest BCUT2D eigenvalue weighted by Crippen LogP contribution is -2.56. The van der Waals surface area contributed by atoms with Crippen molar-refractivity contribution in [2.75, 3.05) is 13.1 Å². The first-order valence-electron chi connectivity index (χ1n) is 7.64. The van der Waals surface area contributed by atoms with E-state index in [0.717, 1.165) is 11.6 Å². The van der Waals surface area contributed by atoms with Crippen LogP contribution in [0.15, 0.2) is 22.7 Å². The fraction of sp³-hybridized carbons (Fsp3) is 0.438. The average molecular weight is 355 g/mol. The molecule has 0 saturated carbocycles. The number of aromatic nitrogens is 2. The molecule has 0 radical (unpaired) electrons. The molecule has 3 rings (SSSR count). The number of ether oxygens (including phenoxy) is 1. The first-order chi connectivity index (χ1) is 11.7. The quantitative estimate of drug-likeness (QED) is 0.843. The fourth-order valence-electron chi connectivity index (χ4n) is 2.54. The van der Waals surface area contributed by atoms with Gasteiger partial charge in [-0.1, -0.05) is 11.2 Å². The van der Waals surface area contributed by atoms with Crippen LogP contribution in [0.25, 0.3) is 0 Å². The lowest BCUT2D eigenvalue weighted by Gasteiger charge is -2.38. The highest BCUT2D eigenvalue weighted by molar-refractivity contribution is 5.80. The maximum absolute atomic E-state index is 12.6. The van der Waals surface area contributed by atoms with Crippen LogP contribution in [0, 0.1) is 13.8 Å². The van der Waals surface area contributed by atoms with Gasteiger partial charge in [0.15, 0.2) is 0 Å². The van der Waals surface area contributed by atoms with E-state index >= 15 is 0 Å². The molecule has 6 nitrogen and oxygen atoms in total. The molecule has 0 unspecified atom stereocenters. The first-order valence-corrected chi connectivity index (χ1v) is 7.64. The van der Waals surface area contributed by atoms with E-state index in [4.69, 9.17) is 9.26 Å². The molecule has 0 spiro atoms. The molecule has 1 fully saturated rings. The van der Waals surface area contributed by atoms with Gasteiger partial charge in [0.25, 0.3) is 0 Å². The van der Waals surface area contributed by atoms with Gasteiger partial charge < -0.3 is 14.2 Å². The summed E-state index contributed by atoms with van der Waals surface area (Å²) in [6.07, 6.45) is -4.71. The van der Waals surface area contributed by atoms with Gasteiger partial charge in [-0.25, -0.2) is 4.98 Å². The van der Waals surface area contributed by atoms with Crippen LogP contribution < -0.4 is 4.74 Å². The number of aryl methyl sites for hydroxylation is 2. The van der Waals surface area contributed by atoms with Crippen molar-refractivity contribution in [2.45, 2.75) is 32.5 Å². The molecule has 0 atom stereocenters. The van der Waals surface area contributed by atoms with Crippen LogP contribution in [0.1, 0.15) is 22.7 Å². The van der Waals surface area contributed by atoms with Gasteiger partial charge in [-0.05, 0) is 19.9 Å². The van der Waals surface area contributed by atoms with Crippen LogP contribution in [0.5, 0.6) is 5.88 Å². The smallest absolute Gasteiger partial charge is 0.433 e. The van der Waals surface area contributed by atoms with Crippen molar-refractivity contribution in [3.8, 4) is 5.88 Å². The van der Waals surface area contributed by atoms with E-state index in [0.29, 0.717) is 24.5 Å². The number of alkyl halides is 3. The fourth-order valence-corrected chi connectivity index (χ4v) is 2.54. The van der Waals surface area contributed by atoms with E-state index in [9.17, 15) is 18.0 Å². The predicted octanol–water partition coefficient (Wildman–Crippen LogP) is 2.54. The molecule has 0 aromatic carbocycles. The molecule has 0 aliphatic carbocycles. The van der Waals surface area contributed by atoms with Gasteiger partial charge in [0.05, 0.1) is 25.2 Å². The summed E-state index contributed by atoms with van der Waals surface area (Å²) in [5, 5.41) is 3.80. The van der Waals surface area contributed by atoms with Crippen molar-refractivity contribution in [3.05, 3.63) is 40.9 Å². The Morgan fingerprint density at radius 2 is 2.08 bits per heavy atom. The van der Waals surface area contributed by atoms with Gasteiger partial charge in [-0.3, -0.25) is 4.79 Å². The standard InChI is InChI=1S/C16H16F3N3O3/c1-9-12(10(2)25-21-9)6-15(23)22-7-11(8-22)24-14-5-3-4-13(20-14)16(17,18)19/h3-5,11H,6-8H2,1-2H3. The van der Waals surface area contributed by atoms with Crippen molar-refractivity contribution >= 4 is 5.91 Å². The topological polar surface area (TPSA) is 68.5 Å². The van der Waals surface area contributed by atoms with Crippen LogP contribution in [0.3, 0.4) is 0 Å². The molecule has 1 aliphatic heterocycles. The number of carbonyl (C=O) groups is 1. The van der Waals surface area contributed by atoms with Gasteiger partial charge >= 0.3 is 6.18 Å². The lowest BCUT2D eigenvalue weighted by molar-refractivity contribution is -0.141.